The van der Waals surface area contributed by atoms with Crippen LogP contribution in [-0.4, -0.2) is 99.2 Å². The molecule has 0 radical (unpaired) electrons. The Morgan fingerprint density at radius 1 is 1.07 bits per heavy atom. The van der Waals surface area contributed by atoms with Crippen molar-refractivity contribution in [3.05, 3.63) is 30.1 Å². The highest BCUT2D eigenvalue weighted by Gasteiger charge is 2.23. The average Bonchev–Trinajstić information content (AvgIpc) is 2.72. The minimum Gasteiger partial charge on any atom is -0.366 e. The number of likely N-dealkylation sites (N-methyl/N-ethyl adjacent to an activating group) is 1. The van der Waals surface area contributed by atoms with Crippen molar-refractivity contribution in [2.24, 2.45) is 4.99 Å². The molecule has 8 heteroatoms. The van der Waals surface area contributed by atoms with Crippen molar-refractivity contribution < 1.29 is 4.39 Å². The second-order valence-corrected chi connectivity index (χ2v) is 7.81. The third-order valence-corrected chi connectivity index (χ3v) is 5.77. The molecule has 1 aromatic rings. The van der Waals surface area contributed by atoms with Gasteiger partial charge in [-0.1, -0.05) is 12.1 Å². The van der Waals surface area contributed by atoms with Gasteiger partial charge in [0.1, 0.15) is 5.82 Å². The largest absolute Gasteiger partial charge is 0.366 e. The Bertz CT molecular complexity index is 642. The number of rotatable bonds is 5. The van der Waals surface area contributed by atoms with Gasteiger partial charge in [0.25, 0.3) is 0 Å². The molecule has 1 atom stereocenters. The molecule has 0 amide bonds. The van der Waals surface area contributed by atoms with Crippen LogP contribution in [0, 0.1) is 5.82 Å². The average molecular weight is 518 g/mol. The number of nitrogens with one attached hydrogen (secondary N) is 1. The lowest BCUT2D eigenvalue weighted by atomic mass is 10.2. The summed E-state index contributed by atoms with van der Waals surface area (Å²) in [5.41, 5.74) is 0.702. The topological polar surface area (TPSA) is 37.4 Å². The maximum absolute atomic E-state index is 14.1. The molecule has 0 saturated carbocycles. The third kappa shape index (κ3) is 6.68. The summed E-state index contributed by atoms with van der Waals surface area (Å²) in [6, 6.07) is 7.49. The summed E-state index contributed by atoms with van der Waals surface area (Å²) in [6.45, 7) is 13.8. The van der Waals surface area contributed by atoms with Crippen molar-refractivity contribution in [3.63, 3.8) is 0 Å². The molecule has 0 bridgehead atoms. The first-order chi connectivity index (χ1) is 13.6. The second-order valence-electron chi connectivity index (χ2n) is 7.81. The first-order valence-corrected chi connectivity index (χ1v) is 10.5. The number of nitrogens with zero attached hydrogens (tertiary/aromatic N) is 5. The Hall–Kier alpha value is -1.13. The summed E-state index contributed by atoms with van der Waals surface area (Å²) in [5.74, 6) is 0.842. The number of halogens is 2. The lowest BCUT2D eigenvalue weighted by Gasteiger charge is -2.38. The maximum Gasteiger partial charge on any atom is 0.194 e. The van der Waals surface area contributed by atoms with E-state index in [-0.39, 0.29) is 29.8 Å². The molecule has 0 aliphatic carbocycles. The molecule has 2 saturated heterocycles. The standard InChI is InChI=1S/C21H35FN6.HI/c1-4-23-21(24-17-18(2)26-11-9-25(3)10-12-26)28-15-13-27(14-16-28)20-8-6-5-7-19(20)22;/h5-8,18H,4,9-17H2,1-3H3,(H,23,24);1H. The molecule has 1 N–H and O–H groups in total. The van der Waals surface area contributed by atoms with E-state index in [4.69, 9.17) is 4.99 Å². The van der Waals surface area contributed by atoms with E-state index in [2.05, 4.69) is 45.8 Å². The smallest absolute Gasteiger partial charge is 0.194 e. The molecule has 1 unspecified atom stereocenters. The van der Waals surface area contributed by atoms with Crippen LogP contribution in [0.4, 0.5) is 10.1 Å². The second kappa shape index (κ2) is 11.9. The predicted octanol–water partition coefficient (Wildman–Crippen LogP) is 2.17. The van der Waals surface area contributed by atoms with Crippen molar-refractivity contribution in [2.75, 3.05) is 77.4 Å². The van der Waals surface area contributed by atoms with Gasteiger partial charge < -0.3 is 20.0 Å². The zero-order valence-electron chi connectivity index (χ0n) is 18.0. The Morgan fingerprint density at radius 2 is 1.72 bits per heavy atom. The molecule has 2 fully saturated rings. The molecule has 164 valence electrons. The monoisotopic (exact) mass is 518 g/mol. The van der Waals surface area contributed by atoms with Gasteiger partial charge in [-0.15, -0.1) is 24.0 Å². The minimum absolute atomic E-state index is 0. The summed E-state index contributed by atoms with van der Waals surface area (Å²) < 4.78 is 14.1. The SMILES string of the molecule is CCNC(=NCC(C)N1CCN(C)CC1)N1CCN(c2ccccc2F)CC1.I. The van der Waals surface area contributed by atoms with Crippen molar-refractivity contribution in [1.29, 1.82) is 0 Å². The normalized spacial score (nSPS) is 20.3. The van der Waals surface area contributed by atoms with E-state index >= 15 is 0 Å². The lowest BCUT2D eigenvalue weighted by Crippen LogP contribution is -2.53. The van der Waals surface area contributed by atoms with E-state index in [0.29, 0.717) is 11.7 Å². The molecule has 6 nitrogen and oxygen atoms in total. The van der Waals surface area contributed by atoms with Crippen molar-refractivity contribution in [1.82, 2.24) is 20.0 Å². The van der Waals surface area contributed by atoms with E-state index in [1.165, 1.54) is 6.07 Å². The van der Waals surface area contributed by atoms with E-state index in [1.807, 2.05) is 12.1 Å². The fraction of sp³-hybridized carbons (Fsp3) is 0.667. The van der Waals surface area contributed by atoms with Gasteiger partial charge in [-0.05, 0) is 33.0 Å². The van der Waals surface area contributed by atoms with Crippen LogP contribution in [0.15, 0.2) is 29.3 Å². The number of aliphatic imine (C=N–C) groups is 1. The zero-order valence-corrected chi connectivity index (χ0v) is 20.3. The molecular weight excluding hydrogens is 482 g/mol. The van der Waals surface area contributed by atoms with Crippen LogP contribution in [0.25, 0.3) is 0 Å². The van der Waals surface area contributed by atoms with Gasteiger partial charge in [-0.25, -0.2) is 4.39 Å². The third-order valence-electron chi connectivity index (χ3n) is 5.77. The summed E-state index contributed by atoms with van der Waals surface area (Å²) >= 11 is 0. The molecule has 0 spiro atoms. The summed E-state index contributed by atoms with van der Waals surface area (Å²) in [4.78, 5) is 14.3. The maximum atomic E-state index is 14.1. The summed E-state index contributed by atoms with van der Waals surface area (Å²) in [6.07, 6.45) is 0. The highest BCUT2D eigenvalue weighted by atomic mass is 127. The number of benzene rings is 1. The van der Waals surface area contributed by atoms with Crippen LogP contribution in [-0.2, 0) is 0 Å². The zero-order chi connectivity index (χ0) is 19.9. The Balaban J connectivity index is 0.00000300. The van der Waals surface area contributed by atoms with Crippen molar-refractivity contribution in [2.45, 2.75) is 19.9 Å². The summed E-state index contributed by atoms with van der Waals surface area (Å²) in [7, 11) is 2.18. The van der Waals surface area contributed by atoms with Crippen molar-refractivity contribution in [3.8, 4) is 0 Å². The molecule has 2 aliphatic heterocycles. The van der Waals surface area contributed by atoms with Gasteiger partial charge in [0.05, 0.1) is 12.2 Å². The molecule has 2 heterocycles. The lowest BCUT2D eigenvalue weighted by molar-refractivity contribution is 0.122. The van der Waals surface area contributed by atoms with E-state index in [9.17, 15) is 4.39 Å². The van der Waals surface area contributed by atoms with Gasteiger partial charge in [0.2, 0.25) is 0 Å². The van der Waals surface area contributed by atoms with Crippen LogP contribution in [0.5, 0.6) is 0 Å². The van der Waals surface area contributed by atoms with Crippen LogP contribution in [0.3, 0.4) is 0 Å². The molecule has 2 aliphatic rings. The van der Waals surface area contributed by atoms with E-state index < -0.39 is 0 Å². The van der Waals surface area contributed by atoms with Crippen LogP contribution in [0.2, 0.25) is 0 Å². The molecule has 29 heavy (non-hydrogen) atoms. The Kier molecular flexibility index (Phi) is 9.91. The highest BCUT2D eigenvalue weighted by molar-refractivity contribution is 14.0. The van der Waals surface area contributed by atoms with Gasteiger partial charge in [-0.3, -0.25) is 9.89 Å². The van der Waals surface area contributed by atoms with Crippen LogP contribution < -0.4 is 10.2 Å². The molecule has 0 aromatic heterocycles. The number of guanidine groups is 1. The van der Waals surface area contributed by atoms with Gasteiger partial charge >= 0.3 is 0 Å². The van der Waals surface area contributed by atoms with Crippen molar-refractivity contribution >= 4 is 35.6 Å². The number of anilines is 1. The number of piperazine rings is 2. The quantitative estimate of drug-likeness (QED) is 0.368. The minimum atomic E-state index is -0.141. The Morgan fingerprint density at radius 3 is 2.34 bits per heavy atom. The van der Waals surface area contributed by atoms with E-state index in [1.54, 1.807) is 6.07 Å². The van der Waals surface area contributed by atoms with Gasteiger partial charge in [-0.2, -0.15) is 0 Å². The fourth-order valence-electron chi connectivity index (χ4n) is 3.89. The first-order valence-electron chi connectivity index (χ1n) is 10.5. The molecular formula is C21H36FIN6. The summed E-state index contributed by atoms with van der Waals surface area (Å²) in [5, 5.41) is 3.44. The van der Waals surface area contributed by atoms with Gasteiger partial charge in [0.15, 0.2) is 5.96 Å². The number of hydrogen-bond acceptors (Lipinski definition) is 4. The van der Waals surface area contributed by atoms with E-state index in [0.717, 1.165) is 71.4 Å². The molecule has 3 rings (SSSR count). The molecule has 1 aromatic carbocycles. The highest BCUT2D eigenvalue weighted by Crippen LogP contribution is 2.20. The predicted molar refractivity (Wildman–Crippen MR) is 130 cm³/mol. The Labute approximate surface area is 192 Å². The number of para-hydroxylation sites is 1. The number of hydrogen-bond donors (Lipinski definition) is 1. The fourth-order valence-corrected chi connectivity index (χ4v) is 3.89. The first kappa shape index (κ1) is 24.1. The van der Waals surface area contributed by atoms with Gasteiger partial charge in [0, 0.05) is 64.9 Å². The van der Waals surface area contributed by atoms with Crippen LogP contribution in [0.1, 0.15) is 13.8 Å². The van der Waals surface area contributed by atoms with Crippen LogP contribution >= 0.6 is 24.0 Å².